The molecule has 1 aliphatic rings. The van der Waals surface area contributed by atoms with Crippen molar-refractivity contribution in [2.45, 2.75) is 32.4 Å². The first-order valence-corrected chi connectivity index (χ1v) is 5.94. The topological polar surface area (TPSA) is 50.9 Å². The van der Waals surface area contributed by atoms with Crippen molar-refractivity contribution in [2.24, 2.45) is 0 Å². The highest BCUT2D eigenvalue weighted by atomic mass is 16.3. The lowest BCUT2D eigenvalue weighted by atomic mass is 10.1. The number of hydrogen-bond donors (Lipinski definition) is 1. The molecule has 0 saturated heterocycles. The van der Waals surface area contributed by atoms with Crippen LogP contribution >= 0.6 is 0 Å². The number of aliphatic hydroxyl groups excluding tert-OH is 1. The summed E-state index contributed by atoms with van der Waals surface area (Å²) in [6, 6.07) is 8.11. The third-order valence-corrected chi connectivity index (χ3v) is 3.12. The van der Waals surface area contributed by atoms with Crippen LogP contribution in [0, 0.1) is 6.92 Å². The molecule has 4 nitrogen and oxygen atoms in total. The molecule has 1 aromatic heterocycles. The van der Waals surface area contributed by atoms with Crippen molar-refractivity contribution >= 4 is 0 Å². The minimum Gasteiger partial charge on any atom is -0.372 e. The first-order chi connectivity index (χ1) is 8.24. The first-order valence-electron chi connectivity index (χ1n) is 5.94. The fourth-order valence-electron chi connectivity index (χ4n) is 2.24. The molecule has 0 fully saturated rings. The van der Waals surface area contributed by atoms with Crippen LogP contribution in [0.15, 0.2) is 24.3 Å². The number of benzene rings is 1. The van der Waals surface area contributed by atoms with Gasteiger partial charge in [0.05, 0.1) is 0 Å². The Kier molecular flexibility index (Phi) is 2.44. The molecule has 0 aliphatic carbocycles. The van der Waals surface area contributed by atoms with Crippen molar-refractivity contribution in [3.05, 3.63) is 35.7 Å². The van der Waals surface area contributed by atoms with Gasteiger partial charge in [0, 0.05) is 12.0 Å². The van der Waals surface area contributed by atoms with Gasteiger partial charge in [0.1, 0.15) is 12.1 Å². The molecule has 1 N–H and O–H groups in total. The molecular formula is C13H15N3O. The van der Waals surface area contributed by atoms with Crippen molar-refractivity contribution in [2.75, 3.05) is 0 Å². The average Bonchev–Trinajstić information content (AvgIpc) is 2.74. The van der Waals surface area contributed by atoms with Gasteiger partial charge in [0.15, 0.2) is 5.82 Å². The Labute approximate surface area is 99.9 Å². The maximum absolute atomic E-state index is 9.84. The Bertz CT molecular complexity index is 547. The SMILES string of the molecule is Cc1cccc(-c2nc3n(n2)C(O)CCC3)c1. The molecule has 0 amide bonds. The van der Waals surface area contributed by atoms with Crippen LogP contribution < -0.4 is 0 Å². The Morgan fingerprint density at radius 1 is 1.41 bits per heavy atom. The quantitative estimate of drug-likeness (QED) is 0.814. The van der Waals surface area contributed by atoms with E-state index in [-0.39, 0.29) is 0 Å². The van der Waals surface area contributed by atoms with Gasteiger partial charge in [0.2, 0.25) is 0 Å². The van der Waals surface area contributed by atoms with Gasteiger partial charge in [-0.3, -0.25) is 0 Å². The van der Waals surface area contributed by atoms with Crippen LogP contribution in [0.3, 0.4) is 0 Å². The second-order valence-corrected chi connectivity index (χ2v) is 4.54. The zero-order valence-electron chi connectivity index (χ0n) is 9.80. The zero-order chi connectivity index (χ0) is 11.8. The van der Waals surface area contributed by atoms with E-state index in [2.05, 4.69) is 16.1 Å². The van der Waals surface area contributed by atoms with Crippen LogP contribution in [-0.4, -0.2) is 19.9 Å². The number of aliphatic hydroxyl groups is 1. The average molecular weight is 229 g/mol. The van der Waals surface area contributed by atoms with E-state index >= 15 is 0 Å². The number of aryl methyl sites for hydroxylation is 2. The second kappa shape index (κ2) is 3.96. The molecule has 2 aromatic rings. The van der Waals surface area contributed by atoms with E-state index < -0.39 is 6.23 Å². The standard InChI is InChI=1S/C13H15N3O/c1-9-4-2-5-10(8-9)13-14-11-6-3-7-12(17)16(11)15-13/h2,4-5,8,12,17H,3,6-7H2,1H3. The minimum atomic E-state index is -0.509. The lowest BCUT2D eigenvalue weighted by Gasteiger charge is -2.17. The number of hydrogen-bond acceptors (Lipinski definition) is 3. The Morgan fingerprint density at radius 3 is 3.06 bits per heavy atom. The van der Waals surface area contributed by atoms with Crippen LogP contribution in [0.4, 0.5) is 0 Å². The summed E-state index contributed by atoms with van der Waals surface area (Å²) in [5, 5.41) is 14.2. The molecule has 4 heteroatoms. The summed E-state index contributed by atoms with van der Waals surface area (Å²) in [7, 11) is 0. The van der Waals surface area contributed by atoms with Crippen LogP contribution in [0.5, 0.6) is 0 Å². The molecule has 1 unspecified atom stereocenters. The molecule has 17 heavy (non-hydrogen) atoms. The van der Waals surface area contributed by atoms with Crippen LogP contribution in [-0.2, 0) is 6.42 Å². The maximum Gasteiger partial charge on any atom is 0.181 e. The molecule has 3 rings (SSSR count). The van der Waals surface area contributed by atoms with E-state index in [4.69, 9.17) is 0 Å². The molecule has 1 aromatic carbocycles. The largest absolute Gasteiger partial charge is 0.372 e. The predicted octanol–water partition coefficient (Wildman–Crippen LogP) is 2.08. The molecule has 88 valence electrons. The van der Waals surface area contributed by atoms with E-state index in [1.807, 2.05) is 25.1 Å². The summed E-state index contributed by atoms with van der Waals surface area (Å²) in [5.74, 6) is 1.60. The fraction of sp³-hybridized carbons (Fsp3) is 0.385. The number of rotatable bonds is 1. The lowest BCUT2D eigenvalue weighted by Crippen LogP contribution is -2.18. The Balaban J connectivity index is 2.05. The van der Waals surface area contributed by atoms with Gasteiger partial charge in [-0.05, 0) is 25.8 Å². The molecule has 0 bridgehead atoms. The van der Waals surface area contributed by atoms with Crippen LogP contribution in [0.2, 0.25) is 0 Å². The zero-order valence-corrected chi connectivity index (χ0v) is 9.80. The molecule has 2 heterocycles. The second-order valence-electron chi connectivity index (χ2n) is 4.54. The first kappa shape index (κ1) is 10.5. The fourth-order valence-corrected chi connectivity index (χ4v) is 2.24. The van der Waals surface area contributed by atoms with E-state index in [9.17, 15) is 5.11 Å². The Hall–Kier alpha value is -1.68. The molecular weight excluding hydrogens is 214 g/mol. The van der Waals surface area contributed by atoms with E-state index in [0.29, 0.717) is 5.82 Å². The summed E-state index contributed by atoms with van der Waals surface area (Å²) >= 11 is 0. The predicted molar refractivity (Wildman–Crippen MR) is 64.4 cm³/mol. The molecule has 0 saturated carbocycles. The molecule has 1 aliphatic heterocycles. The summed E-state index contributed by atoms with van der Waals surface area (Å²) in [6.07, 6.45) is 2.14. The maximum atomic E-state index is 9.84. The van der Waals surface area contributed by atoms with Crippen molar-refractivity contribution in [1.82, 2.24) is 14.8 Å². The minimum absolute atomic E-state index is 0.509. The van der Waals surface area contributed by atoms with Gasteiger partial charge in [-0.2, -0.15) is 0 Å². The highest BCUT2D eigenvalue weighted by Gasteiger charge is 2.21. The van der Waals surface area contributed by atoms with Gasteiger partial charge in [0.25, 0.3) is 0 Å². The number of nitrogens with zero attached hydrogens (tertiary/aromatic N) is 3. The van der Waals surface area contributed by atoms with Gasteiger partial charge < -0.3 is 5.11 Å². The van der Waals surface area contributed by atoms with E-state index in [1.54, 1.807) is 4.68 Å². The highest BCUT2D eigenvalue weighted by molar-refractivity contribution is 5.55. The highest BCUT2D eigenvalue weighted by Crippen LogP contribution is 2.24. The lowest BCUT2D eigenvalue weighted by molar-refractivity contribution is 0.0648. The van der Waals surface area contributed by atoms with Crippen LogP contribution in [0.25, 0.3) is 11.4 Å². The van der Waals surface area contributed by atoms with E-state index in [0.717, 1.165) is 30.7 Å². The van der Waals surface area contributed by atoms with Gasteiger partial charge in [-0.1, -0.05) is 23.8 Å². The van der Waals surface area contributed by atoms with Gasteiger partial charge in [-0.25, -0.2) is 9.67 Å². The van der Waals surface area contributed by atoms with E-state index in [1.165, 1.54) is 5.56 Å². The van der Waals surface area contributed by atoms with Gasteiger partial charge in [-0.15, -0.1) is 5.10 Å². The monoisotopic (exact) mass is 229 g/mol. The Morgan fingerprint density at radius 2 is 2.29 bits per heavy atom. The molecule has 0 spiro atoms. The molecule has 0 radical (unpaired) electrons. The summed E-state index contributed by atoms with van der Waals surface area (Å²) < 4.78 is 1.65. The van der Waals surface area contributed by atoms with Crippen molar-refractivity contribution < 1.29 is 5.11 Å². The van der Waals surface area contributed by atoms with Gasteiger partial charge >= 0.3 is 0 Å². The van der Waals surface area contributed by atoms with Crippen LogP contribution in [0.1, 0.15) is 30.5 Å². The number of aromatic nitrogens is 3. The molecule has 1 atom stereocenters. The third kappa shape index (κ3) is 1.85. The normalized spacial score (nSPS) is 19.1. The van der Waals surface area contributed by atoms with Crippen molar-refractivity contribution in [3.63, 3.8) is 0 Å². The smallest absolute Gasteiger partial charge is 0.181 e. The van der Waals surface area contributed by atoms with Crippen molar-refractivity contribution in [3.8, 4) is 11.4 Å². The van der Waals surface area contributed by atoms with Crippen molar-refractivity contribution in [1.29, 1.82) is 0 Å². The summed E-state index contributed by atoms with van der Waals surface area (Å²) in [4.78, 5) is 4.50. The third-order valence-electron chi connectivity index (χ3n) is 3.12. The number of fused-ring (bicyclic) bond motifs is 1. The summed E-state index contributed by atoms with van der Waals surface area (Å²) in [5.41, 5.74) is 2.20. The summed E-state index contributed by atoms with van der Waals surface area (Å²) in [6.45, 7) is 2.05.